The molecule has 0 amide bonds. The standard InChI is InChI=1S/C7H4F5NO/c8-5(9)3-1-4(7(10,11)12)6(14)13-2-3/h1-2,5H,(H,13,14). The van der Waals surface area contributed by atoms with Crippen molar-refractivity contribution in [2.45, 2.75) is 12.6 Å². The predicted molar refractivity (Wildman–Crippen MR) is 37.0 cm³/mol. The van der Waals surface area contributed by atoms with Crippen molar-refractivity contribution < 1.29 is 22.0 Å². The fraction of sp³-hybridized carbons (Fsp3) is 0.286. The molecule has 1 rings (SSSR count). The Balaban J connectivity index is 3.30. The highest BCUT2D eigenvalue weighted by atomic mass is 19.4. The molecule has 0 fully saturated rings. The van der Waals surface area contributed by atoms with Crippen LogP contribution in [-0.2, 0) is 6.18 Å². The maximum absolute atomic E-state index is 12.0. The molecule has 1 heterocycles. The normalized spacial score (nSPS) is 12.1. The zero-order valence-electron chi connectivity index (χ0n) is 6.53. The Morgan fingerprint density at radius 1 is 1.29 bits per heavy atom. The van der Waals surface area contributed by atoms with Crippen molar-refractivity contribution in [1.29, 1.82) is 0 Å². The number of H-pyrrole nitrogens is 1. The average Bonchev–Trinajstić information content (AvgIpc) is 2.02. The van der Waals surface area contributed by atoms with Crippen molar-refractivity contribution in [2.24, 2.45) is 0 Å². The molecule has 0 aliphatic carbocycles. The third-order valence-corrected chi connectivity index (χ3v) is 1.48. The van der Waals surface area contributed by atoms with E-state index in [2.05, 4.69) is 0 Å². The second-order valence-corrected chi connectivity index (χ2v) is 2.47. The summed E-state index contributed by atoms with van der Waals surface area (Å²) in [5.41, 5.74) is -3.91. The summed E-state index contributed by atoms with van der Waals surface area (Å²) < 4.78 is 60.0. The molecule has 0 radical (unpaired) electrons. The Labute approximate surface area is 74.4 Å². The van der Waals surface area contributed by atoms with Gasteiger partial charge in [0.05, 0.1) is 0 Å². The minimum absolute atomic E-state index is 0.142. The van der Waals surface area contributed by atoms with Crippen LogP contribution in [0.3, 0.4) is 0 Å². The van der Waals surface area contributed by atoms with E-state index in [0.717, 1.165) is 0 Å². The third-order valence-electron chi connectivity index (χ3n) is 1.48. The number of pyridine rings is 1. The molecule has 1 N–H and O–H groups in total. The van der Waals surface area contributed by atoms with Crippen LogP contribution in [0.25, 0.3) is 0 Å². The van der Waals surface area contributed by atoms with E-state index in [1.165, 1.54) is 0 Å². The van der Waals surface area contributed by atoms with E-state index in [1.54, 1.807) is 4.98 Å². The van der Waals surface area contributed by atoms with Crippen LogP contribution in [-0.4, -0.2) is 4.98 Å². The van der Waals surface area contributed by atoms with Crippen LogP contribution in [0, 0.1) is 0 Å². The minimum atomic E-state index is -4.92. The van der Waals surface area contributed by atoms with Gasteiger partial charge in [0, 0.05) is 11.8 Å². The van der Waals surface area contributed by atoms with Crippen molar-refractivity contribution in [3.05, 3.63) is 33.7 Å². The van der Waals surface area contributed by atoms with Gasteiger partial charge in [-0.3, -0.25) is 4.79 Å². The van der Waals surface area contributed by atoms with Gasteiger partial charge < -0.3 is 4.98 Å². The first-order chi connectivity index (χ1) is 6.32. The molecular weight excluding hydrogens is 209 g/mol. The molecule has 0 unspecified atom stereocenters. The number of rotatable bonds is 1. The maximum Gasteiger partial charge on any atom is 0.421 e. The summed E-state index contributed by atoms with van der Waals surface area (Å²) in [4.78, 5) is 12.2. The molecule has 0 saturated heterocycles. The summed E-state index contributed by atoms with van der Waals surface area (Å²) >= 11 is 0. The van der Waals surface area contributed by atoms with Gasteiger partial charge in [0.1, 0.15) is 5.56 Å². The maximum atomic E-state index is 12.0. The molecule has 1 aromatic rings. The molecule has 0 saturated carbocycles. The number of hydrogen-bond acceptors (Lipinski definition) is 1. The first-order valence-corrected chi connectivity index (χ1v) is 3.40. The molecule has 0 aromatic carbocycles. The predicted octanol–water partition coefficient (Wildman–Crippen LogP) is 2.33. The van der Waals surface area contributed by atoms with E-state index in [-0.39, 0.29) is 6.07 Å². The number of nitrogens with one attached hydrogen (secondary N) is 1. The number of aromatic nitrogens is 1. The van der Waals surface area contributed by atoms with Crippen LogP contribution in [0.2, 0.25) is 0 Å². The molecule has 0 aliphatic rings. The van der Waals surface area contributed by atoms with Crippen LogP contribution in [0.15, 0.2) is 17.1 Å². The molecule has 2 nitrogen and oxygen atoms in total. The van der Waals surface area contributed by atoms with Gasteiger partial charge in [0.15, 0.2) is 0 Å². The zero-order chi connectivity index (χ0) is 10.9. The average molecular weight is 213 g/mol. The van der Waals surface area contributed by atoms with Gasteiger partial charge in [-0.2, -0.15) is 13.2 Å². The summed E-state index contributed by atoms with van der Waals surface area (Å²) in [6.45, 7) is 0. The van der Waals surface area contributed by atoms with E-state index < -0.39 is 29.3 Å². The van der Waals surface area contributed by atoms with E-state index in [0.29, 0.717) is 6.20 Å². The Kier molecular flexibility index (Phi) is 2.59. The van der Waals surface area contributed by atoms with Crippen LogP contribution in [0.4, 0.5) is 22.0 Å². The fourth-order valence-corrected chi connectivity index (χ4v) is 0.837. The molecule has 1 aromatic heterocycles. The SMILES string of the molecule is O=c1[nH]cc(C(F)F)cc1C(F)(F)F. The number of hydrogen-bond donors (Lipinski definition) is 1. The summed E-state index contributed by atoms with van der Waals surface area (Å²) in [7, 11) is 0. The Hall–Kier alpha value is -1.40. The van der Waals surface area contributed by atoms with E-state index >= 15 is 0 Å². The van der Waals surface area contributed by atoms with Crippen molar-refractivity contribution in [3.8, 4) is 0 Å². The lowest BCUT2D eigenvalue weighted by Crippen LogP contribution is -2.21. The van der Waals surface area contributed by atoms with Crippen molar-refractivity contribution >= 4 is 0 Å². The summed E-state index contributed by atoms with van der Waals surface area (Å²) in [6, 6.07) is 0.142. The van der Waals surface area contributed by atoms with Crippen LogP contribution < -0.4 is 5.56 Å². The Bertz CT molecular complexity index is 380. The van der Waals surface area contributed by atoms with Gasteiger partial charge in [-0.1, -0.05) is 0 Å². The molecule has 0 aliphatic heterocycles. The van der Waals surface area contributed by atoms with Crippen molar-refractivity contribution in [2.75, 3.05) is 0 Å². The molecule has 0 spiro atoms. The molecule has 78 valence electrons. The minimum Gasteiger partial charge on any atom is -0.328 e. The fourth-order valence-electron chi connectivity index (χ4n) is 0.837. The number of aromatic amines is 1. The first kappa shape index (κ1) is 10.7. The van der Waals surface area contributed by atoms with Gasteiger partial charge in [0.25, 0.3) is 12.0 Å². The molecule has 14 heavy (non-hydrogen) atoms. The highest BCUT2D eigenvalue weighted by molar-refractivity contribution is 5.21. The second kappa shape index (κ2) is 3.39. The molecule has 0 atom stereocenters. The van der Waals surface area contributed by atoms with Crippen LogP contribution in [0.5, 0.6) is 0 Å². The second-order valence-electron chi connectivity index (χ2n) is 2.47. The lowest BCUT2D eigenvalue weighted by molar-refractivity contribution is -0.138. The summed E-state index contributed by atoms with van der Waals surface area (Å²) in [5.74, 6) is 0. The van der Waals surface area contributed by atoms with E-state index in [1.807, 2.05) is 0 Å². The van der Waals surface area contributed by atoms with E-state index in [4.69, 9.17) is 0 Å². The largest absolute Gasteiger partial charge is 0.421 e. The van der Waals surface area contributed by atoms with Crippen LogP contribution in [0.1, 0.15) is 17.6 Å². The highest BCUT2D eigenvalue weighted by Crippen LogP contribution is 2.28. The monoisotopic (exact) mass is 213 g/mol. The van der Waals surface area contributed by atoms with Crippen LogP contribution >= 0.6 is 0 Å². The first-order valence-electron chi connectivity index (χ1n) is 3.40. The van der Waals surface area contributed by atoms with Gasteiger partial charge in [0.2, 0.25) is 0 Å². The van der Waals surface area contributed by atoms with Gasteiger partial charge in [-0.05, 0) is 6.07 Å². The number of alkyl halides is 5. The molecule has 7 heteroatoms. The molecular formula is C7H4F5NO. The smallest absolute Gasteiger partial charge is 0.328 e. The van der Waals surface area contributed by atoms with Crippen molar-refractivity contribution in [1.82, 2.24) is 4.98 Å². The lowest BCUT2D eigenvalue weighted by atomic mass is 10.2. The third kappa shape index (κ3) is 2.09. The Morgan fingerprint density at radius 2 is 1.86 bits per heavy atom. The highest BCUT2D eigenvalue weighted by Gasteiger charge is 2.34. The number of halogens is 5. The summed E-state index contributed by atoms with van der Waals surface area (Å²) in [6.07, 6.45) is -7.41. The topological polar surface area (TPSA) is 32.9 Å². The van der Waals surface area contributed by atoms with Gasteiger partial charge >= 0.3 is 6.18 Å². The Morgan fingerprint density at radius 3 is 2.29 bits per heavy atom. The van der Waals surface area contributed by atoms with Gasteiger partial charge in [-0.25, -0.2) is 8.78 Å². The summed E-state index contributed by atoms with van der Waals surface area (Å²) in [5, 5.41) is 0. The molecule has 0 bridgehead atoms. The van der Waals surface area contributed by atoms with Crippen molar-refractivity contribution in [3.63, 3.8) is 0 Å². The zero-order valence-corrected chi connectivity index (χ0v) is 6.53. The van der Waals surface area contributed by atoms with Gasteiger partial charge in [-0.15, -0.1) is 0 Å². The van der Waals surface area contributed by atoms with E-state index in [9.17, 15) is 26.7 Å². The lowest BCUT2D eigenvalue weighted by Gasteiger charge is -2.06. The quantitative estimate of drug-likeness (QED) is 0.713.